The van der Waals surface area contributed by atoms with Crippen molar-refractivity contribution in [2.24, 2.45) is 0 Å². The molecule has 0 spiro atoms. The second-order valence-corrected chi connectivity index (χ2v) is 4.22. The minimum Gasteiger partial charge on any atom is -0.461 e. The minimum atomic E-state index is -0.376. The molecule has 0 saturated heterocycles. The molecule has 5 heteroatoms. The average Bonchev–Trinajstić information content (AvgIpc) is 2.86. The number of nitrogens with zero attached hydrogens (tertiary/aromatic N) is 1. The van der Waals surface area contributed by atoms with Gasteiger partial charge >= 0.3 is 5.97 Å². The Morgan fingerprint density at radius 2 is 2.44 bits per heavy atom. The van der Waals surface area contributed by atoms with Crippen molar-refractivity contribution in [3.05, 3.63) is 28.8 Å². The first kappa shape index (κ1) is 10.9. The molecule has 0 aromatic carbocycles. The van der Waals surface area contributed by atoms with Gasteiger partial charge in [0.25, 0.3) is 0 Å². The standard InChI is InChI=1S/C11H12N2O2S/c1-3-15-11(14)10-7(2)9(12-13-10)8-5-4-6-16-8/h4-6H,3H2,1-2H3,(H,12,13). The molecular formula is C11H12N2O2S. The van der Waals surface area contributed by atoms with Crippen molar-refractivity contribution >= 4 is 17.3 Å². The van der Waals surface area contributed by atoms with Crippen molar-refractivity contribution < 1.29 is 9.53 Å². The molecule has 2 heterocycles. The highest BCUT2D eigenvalue weighted by atomic mass is 32.1. The Labute approximate surface area is 97.3 Å². The molecule has 0 unspecified atom stereocenters. The van der Waals surface area contributed by atoms with E-state index >= 15 is 0 Å². The van der Waals surface area contributed by atoms with Gasteiger partial charge in [-0.25, -0.2) is 4.79 Å². The van der Waals surface area contributed by atoms with Crippen LogP contribution in [-0.4, -0.2) is 22.8 Å². The topological polar surface area (TPSA) is 55.0 Å². The molecule has 0 aliphatic rings. The lowest BCUT2D eigenvalue weighted by Crippen LogP contribution is -2.06. The lowest BCUT2D eigenvalue weighted by atomic mass is 10.2. The van der Waals surface area contributed by atoms with Gasteiger partial charge < -0.3 is 4.74 Å². The van der Waals surface area contributed by atoms with Crippen LogP contribution in [0.3, 0.4) is 0 Å². The van der Waals surface area contributed by atoms with E-state index in [1.807, 2.05) is 24.4 Å². The Balaban J connectivity index is 2.35. The molecule has 2 aromatic rings. The Bertz CT molecular complexity index is 488. The third-order valence-electron chi connectivity index (χ3n) is 2.25. The van der Waals surface area contributed by atoms with Crippen LogP contribution < -0.4 is 0 Å². The number of esters is 1. The fourth-order valence-electron chi connectivity index (χ4n) is 1.46. The summed E-state index contributed by atoms with van der Waals surface area (Å²) >= 11 is 1.61. The van der Waals surface area contributed by atoms with Crippen LogP contribution in [0.2, 0.25) is 0 Å². The zero-order chi connectivity index (χ0) is 11.5. The highest BCUT2D eigenvalue weighted by Crippen LogP contribution is 2.27. The average molecular weight is 236 g/mol. The second kappa shape index (κ2) is 4.49. The number of nitrogens with one attached hydrogen (secondary N) is 1. The van der Waals surface area contributed by atoms with Crippen LogP contribution in [0.15, 0.2) is 17.5 Å². The third kappa shape index (κ3) is 1.86. The van der Waals surface area contributed by atoms with E-state index in [0.29, 0.717) is 12.3 Å². The highest BCUT2D eigenvalue weighted by Gasteiger charge is 2.18. The molecule has 1 N–H and O–H groups in total. The van der Waals surface area contributed by atoms with Crippen molar-refractivity contribution in [2.75, 3.05) is 6.61 Å². The second-order valence-electron chi connectivity index (χ2n) is 3.27. The monoisotopic (exact) mass is 236 g/mol. The van der Waals surface area contributed by atoms with E-state index in [0.717, 1.165) is 16.1 Å². The third-order valence-corrected chi connectivity index (χ3v) is 3.13. The van der Waals surface area contributed by atoms with E-state index in [9.17, 15) is 4.79 Å². The Morgan fingerprint density at radius 3 is 3.06 bits per heavy atom. The molecule has 0 radical (unpaired) electrons. The van der Waals surface area contributed by atoms with Crippen molar-refractivity contribution in [2.45, 2.75) is 13.8 Å². The normalized spacial score (nSPS) is 10.4. The summed E-state index contributed by atoms with van der Waals surface area (Å²) in [5.74, 6) is -0.376. The minimum absolute atomic E-state index is 0.361. The summed E-state index contributed by atoms with van der Waals surface area (Å²) in [6.07, 6.45) is 0. The van der Waals surface area contributed by atoms with E-state index in [1.165, 1.54) is 0 Å². The Kier molecular flexibility index (Phi) is 3.05. The molecular weight excluding hydrogens is 224 g/mol. The number of aromatic amines is 1. The van der Waals surface area contributed by atoms with Gasteiger partial charge in [0.1, 0.15) is 0 Å². The molecule has 0 fully saturated rings. The van der Waals surface area contributed by atoms with Crippen LogP contribution in [0.25, 0.3) is 10.6 Å². The summed E-state index contributed by atoms with van der Waals surface area (Å²) in [5.41, 5.74) is 2.09. The number of hydrogen-bond donors (Lipinski definition) is 1. The van der Waals surface area contributed by atoms with Crippen LogP contribution in [0, 0.1) is 6.92 Å². The van der Waals surface area contributed by atoms with Crippen molar-refractivity contribution in [3.8, 4) is 10.6 Å². The molecule has 2 aromatic heterocycles. The van der Waals surface area contributed by atoms with Crippen molar-refractivity contribution in [3.63, 3.8) is 0 Å². The van der Waals surface area contributed by atoms with Crippen molar-refractivity contribution in [1.29, 1.82) is 0 Å². The summed E-state index contributed by atoms with van der Waals surface area (Å²) in [5, 5.41) is 8.86. The van der Waals surface area contributed by atoms with Gasteiger partial charge in [0.15, 0.2) is 5.69 Å². The molecule has 0 atom stereocenters. The number of H-pyrrole nitrogens is 1. The number of carbonyl (C=O) groups is 1. The maximum atomic E-state index is 11.5. The van der Waals surface area contributed by atoms with E-state index < -0.39 is 0 Å². The summed E-state index contributed by atoms with van der Waals surface area (Å²) in [7, 11) is 0. The van der Waals surface area contributed by atoms with Gasteiger partial charge in [-0.05, 0) is 25.3 Å². The Morgan fingerprint density at radius 1 is 1.62 bits per heavy atom. The largest absolute Gasteiger partial charge is 0.461 e. The first-order chi connectivity index (χ1) is 7.74. The molecule has 0 aliphatic heterocycles. The first-order valence-corrected chi connectivity index (χ1v) is 5.88. The first-order valence-electron chi connectivity index (χ1n) is 5.00. The predicted molar refractivity (Wildman–Crippen MR) is 62.6 cm³/mol. The quantitative estimate of drug-likeness (QED) is 0.833. The molecule has 2 rings (SSSR count). The number of ether oxygens (including phenoxy) is 1. The smallest absolute Gasteiger partial charge is 0.359 e. The molecule has 0 aliphatic carbocycles. The highest BCUT2D eigenvalue weighted by molar-refractivity contribution is 7.13. The van der Waals surface area contributed by atoms with Gasteiger partial charge in [0.05, 0.1) is 17.2 Å². The fraction of sp³-hybridized carbons (Fsp3) is 0.273. The fourth-order valence-corrected chi connectivity index (χ4v) is 2.23. The lowest BCUT2D eigenvalue weighted by molar-refractivity contribution is 0.0518. The molecule has 0 amide bonds. The summed E-state index contributed by atoms with van der Waals surface area (Å²) in [4.78, 5) is 12.6. The molecule has 4 nitrogen and oxygen atoms in total. The van der Waals surface area contributed by atoms with Crippen LogP contribution in [-0.2, 0) is 4.74 Å². The predicted octanol–water partition coefficient (Wildman–Crippen LogP) is 2.62. The SMILES string of the molecule is CCOC(=O)c1n[nH]c(-c2cccs2)c1C. The van der Waals surface area contributed by atoms with Crippen LogP contribution in [0.4, 0.5) is 0 Å². The molecule has 0 bridgehead atoms. The number of rotatable bonds is 3. The van der Waals surface area contributed by atoms with E-state index in [1.54, 1.807) is 18.3 Å². The van der Waals surface area contributed by atoms with Gasteiger partial charge in [-0.3, -0.25) is 5.10 Å². The Hall–Kier alpha value is -1.62. The van der Waals surface area contributed by atoms with Gasteiger partial charge in [-0.2, -0.15) is 5.10 Å². The number of hydrogen-bond acceptors (Lipinski definition) is 4. The number of thiophene rings is 1. The van der Waals surface area contributed by atoms with Crippen LogP contribution >= 0.6 is 11.3 Å². The zero-order valence-electron chi connectivity index (χ0n) is 9.11. The number of carbonyl (C=O) groups excluding carboxylic acids is 1. The summed E-state index contributed by atoms with van der Waals surface area (Å²) < 4.78 is 4.92. The van der Waals surface area contributed by atoms with E-state index in [4.69, 9.17) is 4.74 Å². The van der Waals surface area contributed by atoms with Gasteiger partial charge in [-0.15, -0.1) is 11.3 Å². The van der Waals surface area contributed by atoms with E-state index in [-0.39, 0.29) is 5.97 Å². The summed E-state index contributed by atoms with van der Waals surface area (Å²) in [6, 6.07) is 3.95. The molecule has 84 valence electrons. The summed E-state index contributed by atoms with van der Waals surface area (Å²) in [6.45, 7) is 4.00. The molecule has 0 saturated carbocycles. The zero-order valence-corrected chi connectivity index (χ0v) is 9.93. The van der Waals surface area contributed by atoms with Crippen molar-refractivity contribution in [1.82, 2.24) is 10.2 Å². The lowest BCUT2D eigenvalue weighted by Gasteiger charge is -1.98. The molecule has 16 heavy (non-hydrogen) atoms. The van der Waals surface area contributed by atoms with Crippen LogP contribution in [0.5, 0.6) is 0 Å². The van der Waals surface area contributed by atoms with E-state index in [2.05, 4.69) is 10.2 Å². The maximum Gasteiger partial charge on any atom is 0.359 e. The van der Waals surface area contributed by atoms with Gasteiger partial charge in [0, 0.05) is 5.56 Å². The number of aromatic nitrogens is 2. The maximum absolute atomic E-state index is 11.5. The van der Waals surface area contributed by atoms with Crippen LogP contribution in [0.1, 0.15) is 23.0 Å². The van der Waals surface area contributed by atoms with Gasteiger partial charge in [-0.1, -0.05) is 6.07 Å². The van der Waals surface area contributed by atoms with Gasteiger partial charge in [0.2, 0.25) is 0 Å².